The van der Waals surface area contributed by atoms with Gasteiger partial charge in [0.05, 0.1) is 0 Å². The van der Waals surface area contributed by atoms with Gasteiger partial charge in [0.1, 0.15) is 0 Å². The second-order valence-corrected chi connectivity index (χ2v) is 5.90. The zero-order valence-corrected chi connectivity index (χ0v) is 11.2. The van der Waals surface area contributed by atoms with E-state index in [-0.39, 0.29) is 5.41 Å². The summed E-state index contributed by atoms with van der Waals surface area (Å²) in [4.78, 5) is 0. The fourth-order valence-electron chi connectivity index (χ4n) is 0.963. The molecule has 1 rings (SSSR count). The average Bonchev–Trinajstić information content (AvgIpc) is 1.92. The Morgan fingerprint density at radius 3 is 2.25 bits per heavy atom. The molecule has 0 atom stereocenters. The van der Waals surface area contributed by atoms with E-state index in [9.17, 15) is 0 Å². The highest BCUT2D eigenvalue weighted by Gasteiger charge is 2.13. The third-order valence-corrected chi connectivity index (χ3v) is 4.12. The Balaban J connectivity index is 3.14. The van der Waals surface area contributed by atoms with Crippen LogP contribution in [0.4, 0.5) is 0 Å². The van der Waals surface area contributed by atoms with Crippen LogP contribution in [0, 0.1) is 3.57 Å². The van der Waals surface area contributed by atoms with E-state index in [0.717, 1.165) is 0 Å². The van der Waals surface area contributed by atoms with Gasteiger partial charge in [0.15, 0.2) is 0 Å². The Morgan fingerprint density at radius 1 is 1.25 bits per heavy atom. The molecule has 66 valence electrons. The summed E-state index contributed by atoms with van der Waals surface area (Å²) in [7, 11) is 0. The summed E-state index contributed by atoms with van der Waals surface area (Å²) in [6.07, 6.45) is 0. The molecule has 0 aromatic heterocycles. The fourth-order valence-corrected chi connectivity index (χ4v) is 1.68. The number of halogens is 2. The van der Waals surface area contributed by atoms with Gasteiger partial charge in [0.2, 0.25) is 0 Å². The van der Waals surface area contributed by atoms with Crippen LogP contribution in [0.1, 0.15) is 26.3 Å². The van der Waals surface area contributed by atoms with Gasteiger partial charge < -0.3 is 0 Å². The molecule has 0 fully saturated rings. The predicted octanol–water partition coefficient (Wildman–Crippen LogP) is 4.35. The van der Waals surface area contributed by atoms with Crippen molar-refractivity contribution < 1.29 is 0 Å². The highest BCUT2D eigenvalue weighted by Crippen LogP contribution is 2.27. The van der Waals surface area contributed by atoms with E-state index in [1.165, 1.54) is 13.6 Å². The Hall–Kier alpha value is 0.430. The van der Waals surface area contributed by atoms with Crippen LogP contribution < -0.4 is 0 Å². The van der Waals surface area contributed by atoms with Crippen LogP contribution in [0.25, 0.3) is 0 Å². The third-order valence-electron chi connectivity index (χ3n) is 1.79. The minimum absolute atomic E-state index is 0.243. The van der Waals surface area contributed by atoms with E-state index in [4.69, 9.17) is 0 Å². The fraction of sp³-hybridized carbons (Fsp3) is 0.400. The van der Waals surface area contributed by atoms with Gasteiger partial charge in [-0.1, -0.05) is 26.8 Å². The number of rotatable bonds is 0. The second-order valence-electron chi connectivity index (χ2n) is 3.88. The molecule has 0 bridgehead atoms. The highest BCUT2D eigenvalue weighted by atomic mass is 127. The summed E-state index contributed by atoms with van der Waals surface area (Å²) in [5.41, 5.74) is 1.61. The van der Waals surface area contributed by atoms with Crippen molar-refractivity contribution in [2.24, 2.45) is 0 Å². The lowest BCUT2D eigenvalue weighted by atomic mass is 9.87. The van der Waals surface area contributed by atoms with Crippen LogP contribution in [0.3, 0.4) is 0 Å². The maximum atomic E-state index is 3.53. The van der Waals surface area contributed by atoms with Crippen molar-refractivity contribution in [3.05, 3.63) is 31.8 Å². The number of hydrogen-bond donors (Lipinski definition) is 0. The van der Waals surface area contributed by atoms with Crippen LogP contribution >= 0.6 is 38.5 Å². The summed E-state index contributed by atoms with van der Waals surface area (Å²) in [5, 5.41) is 0. The lowest BCUT2D eigenvalue weighted by molar-refractivity contribution is 0.589. The Morgan fingerprint density at radius 2 is 1.83 bits per heavy atom. The van der Waals surface area contributed by atoms with Crippen molar-refractivity contribution in [2.75, 3.05) is 0 Å². The van der Waals surface area contributed by atoms with Crippen LogP contribution in [-0.4, -0.2) is 0 Å². The van der Waals surface area contributed by atoms with Crippen molar-refractivity contribution in [1.82, 2.24) is 0 Å². The van der Waals surface area contributed by atoms with Gasteiger partial charge in [-0.2, -0.15) is 0 Å². The molecular weight excluding hydrogens is 327 g/mol. The molecule has 1 aromatic carbocycles. The molecule has 12 heavy (non-hydrogen) atoms. The SMILES string of the molecule is CC(C)(C)c1ccc(I)c(Br)c1. The third kappa shape index (κ3) is 2.46. The Bertz CT molecular complexity index is 286. The summed E-state index contributed by atoms with van der Waals surface area (Å²) >= 11 is 5.85. The van der Waals surface area contributed by atoms with Crippen molar-refractivity contribution in [1.29, 1.82) is 0 Å². The molecule has 0 aliphatic rings. The quantitative estimate of drug-likeness (QED) is 0.617. The van der Waals surface area contributed by atoms with Crippen molar-refractivity contribution in [3.63, 3.8) is 0 Å². The maximum Gasteiger partial charge on any atom is 0.0311 e. The average molecular weight is 339 g/mol. The molecule has 0 heterocycles. The molecule has 0 spiro atoms. The first-order chi connectivity index (χ1) is 5.41. The van der Waals surface area contributed by atoms with E-state index >= 15 is 0 Å². The van der Waals surface area contributed by atoms with Crippen molar-refractivity contribution in [2.45, 2.75) is 26.2 Å². The zero-order valence-electron chi connectivity index (χ0n) is 7.49. The molecule has 0 nitrogen and oxygen atoms in total. The monoisotopic (exact) mass is 338 g/mol. The van der Waals surface area contributed by atoms with E-state index in [2.05, 4.69) is 77.5 Å². The largest absolute Gasteiger partial charge is 0.0574 e. The van der Waals surface area contributed by atoms with Crippen LogP contribution in [0.15, 0.2) is 22.7 Å². The van der Waals surface area contributed by atoms with Gasteiger partial charge in [-0.3, -0.25) is 0 Å². The molecular formula is C10H12BrI. The molecule has 0 saturated carbocycles. The normalized spacial score (nSPS) is 11.8. The molecule has 0 saturated heterocycles. The summed E-state index contributed by atoms with van der Waals surface area (Å²) in [6, 6.07) is 6.53. The first-order valence-electron chi connectivity index (χ1n) is 3.87. The molecule has 0 N–H and O–H groups in total. The molecule has 0 aliphatic heterocycles. The number of hydrogen-bond acceptors (Lipinski definition) is 0. The lowest BCUT2D eigenvalue weighted by Crippen LogP contribution is -2.10. The Kier molecular flexibility index (Phi) is 3.21. The molecule has 0 radical (unpaired) electrons. The van der Waals surface area contributed by atoms with Gasteiger partial charge in [-0.15, -0.1) is 0 Å². The highest BCUT2D eigenvalue weighted by molar-refractivity contribution is 14.1. The zero-order chi connectivity index (χ0) is 9.35. The minimum Gasteiger partial charge on any atom is -0.0574 e. The van der Waals surface area contributed by atoms with Gasteiger partial charge in [-0.05, 0) is 61.6 Å². The van der Waals surface area contributed by atoms with Crippen LogP contribution in [-0.2, 0) is 5.41 Å². The predicted molar refractivity (Wildman–Crippen MR) is 65.6 cm³/mol. The lowest BCUT2D eigenvalue weighted by Gasteiger charge is -2.19. The number of benzene rings is 1. The smallest absolute Gasteiger partial charge is 0.0311 e. The first kappa shape index (κ1) is 10.5. The topological polar surface area (TPSA) is 0 Å². The standard InChI is InChI=1S/C10H12BrI/c1-10(2,3)7-4-5-9(12)8(11)6-7/h4-6H,1-3H3. The maximum absolute atomic E-state index is 3.53. The molecule has 0 aliphatic carbocycles. The van der Waals surface area contributed by atoms with Gasteiger partial charge in [-0.25, -0.2) is 0 Å². The van der Waals surface area contributed by atoms with E-state index in [1.807, 2.05) is 0 Å². The second kappa shape index (κ2) is 3.66. The summed E-state index contributed by atoms with van der Waals surface area (Å²) < 4.78 is 2.45. The molecule has 0 amide bonds. The van der Waals surface area contributed by atoms with E-state index in [0.29, 0.717) is 0 Å². The molecule has 2 heteroatoms. The minimum atomic E-state index is 0.243. The first-order valence-corrected chi connectivity index (χ1v) is 5.74. The Labute approximate surface area is 96.0 Å². The van der Waals surface area contributed by atoms with Crippen molar-refractivity contribution in [3.8, 4) is 0 Å². The van der Waals surface area contributed by atoms with Gasteiger partial charge in [0, 0.05) is 8.04 Å². The molecule has 0 unspecified atom stereocenters. The van der Waals surface area contributed by atoms with Crippen LogP contribution in [0.5, 0.6) is 0 Å². The van der Waals surface area contributed by atoms with Crippen LogP contribution in [0.2, 0.25) is 0 Å². The molecule has 1 aromatic rings. The van der Waals surface area contributed by atoms with E-state index < -0.39 is 0 Å². The summed E-state index contributed by atoms with van der Waals surface area (Å²) in [5.74, 6) is 0. The van der Waals surface area contributed by atoms with Gasteiger partial charge in [0.25, 0.3) is 0 Å². The summed E-state index contributed by atoms with van der Waals surface area (Å²) in [6.45, 7) is 6.67. The van der Waals surface area contributed by atoms with Crippen molar-refractivity contribution >= 4 is 38.5 Å². The van der Waals surface area contributed by atoms with Gasteiger partial charge >= 0.3 is 0 Å². The van der Waals surface area contributed by atoms with E-state index in [1.54, 1.807) is 0 Å².